The highest BCUT2D eigenvalue weighted by Gasteiger charge is 2.14. The molecule has 3 rings (SSSR count). The molecule has 5 nitrogen and oxygen atoms in total. The molecule has 0 bridgehead atoms. The van der Waals surface area contributed by atoms with E-state index in [4.69, 9.17) is 16.3 Å². The summed E-state index contributed by atoms with van der Waals surface area (Å²) in [6.07, 6.45) is 0.680. The number of phenols is 1. The van der Waals surface area contributed by atoms with Crippen molar-refractivity contribution in [3.05, 3.63) is 71.2 Å². The molecule has 0 aromatic heterocycles. The average molecular weight is 369 g/mol. The summed E-state index contributed by atoms with van der Waals surface area (Å²) in [5.41, 5.74) is 2.96. The highest BCUT2D eigenvalue weighted by Crippen LogP contribution is 2.25. The Morgan fingerprint density at radius 2 is 1.88 bits per heavy atom. The maximum absolute atomic E-state index is 12.1. The van der Waals surface area contributed by atoms with Crippen LogP contribution in [-0.4, -0.2) is 23.3 Å². The van der Waals surface area contributed by atoms with Gasteiger partial charge in [0.25, 0.3) is 5.91 Å². The molecule has 1 amide bonds. The summed E-state index contributed by atoms with van der Waals surface area (Å²) in [7, 11) is 0. The van der Waals surface area contributed by atoms with E-state index >= 15 is 0 Å². The lowest BCUT2D eigenvalue weighted by Gasteiger charge is -2.12. The molecule has 3 aromatic carbocycles. The molecule has 0 aliphatic rings. The molecule has 6 heteroatoms. The van der Waals surface area contributed by atoms with Gasteiger partial charge in [0.05, 0.1) is 6.21 Å². The van der Waals surface area contributed by atoms with Crippen molar-refractivity contribution in [2.75, 3.05) is 0 Å². The van der Waals surface area contributed by atoms with Crippen LogP contribution in [0.3, 0.4) is 0 Å². The Hall–Kier alpha value is -3.05. The second-order valence-electron chi connectivity index (χ2n) is 5.67. The van der Waals surface area contributed by atoms with Gasteiger partial charge in [-0.3, -0.25) is 4.79 Å². The summed E-state index contributed by atoms with van der Waals surface area (Å²) in [6, 6.07) is 17.8. The first-order valence-corrected chi connectivity index (χ1v) is 8.38. The van der Waals surface area contributed by atoms with Gasteiger partial charge in [-0.05, 0) is 48.0 Å². The van der Waals surface area contributed by atoms with Gasteiger partial charge in [-0.2, -0.15) is 5.10 Å². The van der Waals surface area contributed by atoms with E-state index in [1.54, 1.807) is 37.3 Å². The Kier molecular flexibility index (Phi) is 5.39. The van der Waals surface area contributed by atoms with Gasteiger partial charge in [0.15, 0.2) is 6.10 Å². The number of aromatic hydroxyl groups is 1. The summed E-state index contributed by atoms with van der Waals surface area (Å²) >= 11 is 5.82. The lowest BCUT2D eigenvalue weighted by Crippen LogP contribution is -2.33. The maximum Gasteiger partial charge on any atom is 0.280 e. The number of carbonyl (C=O) groups excluding carboxylic acids is 1. The largest absolute Gasteiger partial charge is 0.507 e. The normalized spacial score (nSPS) is 12.2. The molecule has 0 fully saturated rings. The van der Waals surface area contributed by atoms with E-state index in [-0.39, 0.29) is 5.75 Å². The second-order valence-corrected chi connectivity index (χ2v) is 6.10. The van der Waals surface area contributed by atoms with Crippen molar-refractivity contribution in [3.8, 4) is 11.5 Å². The Balaban J connectivity index is 1.67. The molecule has 1 atom stereocenters. The van der Waals surface area contributed by atoms with Gasteiger partial charge in [0, 0.05) is 10.6 Å². The van der Waals surface area contributed by atoms with Gasteiger partial charge in [0.2, 0.25) is 0 Å². The maximum atomic E-state index is 12.1. The van der Waals surface area contributed by atoms with Crippen LogP contribution in [0.25, 0.3) is 10.8 Å². The third-order valence-electron chi connectivity index (χ3n) is 3.81. The SMILES string of the molecule is CC(Oc1ccc(Cl)cc1)C(=O)NN=Cc1c(O)ccc2ccccc12. The van der Waals surface area contributed by atoms with Crippen molar-refractivity contribution in [1.29, 1.82) is 0 Å². The second kappa shape index (κ2) is 7.89. The van der Waals surface area contributed by atoms with Crippen molar-refractivity contribution in [2.24, 2.45) is 5.10 Å². The predicted octanol–water partition coefficient (Wildman–Crippen LogP) is 4.12. The number of phenolic OH excluding ortho intramolecular Hbond substituents is 1. The van der Waals surface area contributed by atoms with Crippen molar-refractivity contribution in [3.63, 3.8) is 0 Å². The number of benzene rings is 3. The Bertz CT molecular complexity index is 955. The number of fused-ring (bicyclic) bond motifs is 1. The smallest absolute Gasteiger partial charge is 0.280 e. The molecule has 1 unspecified atom stereocenters. The molecule has 0 aliphatic heterocycles. The van der Waals surface area contributed by atoms with Crippen molar-refractivity contribution in [1.82, 2.24) is 5.43 Å². The molecule has 3 aromatic rings. The highest BCUT2D eigenvalue weighted by molar-refractivity contribution is 6.30. The van der Waals surface area contributed by atoms with E-state index < -0.39 is 12.0 Å². The zero-order valence-electron chi connectivity index (χ0n) is 14.0. The minimum atomic E-state index is -0.741. The fourth-order valence-electron chi connectivity index (χ4n) is 2.44. The van der Waals surface area contributed by atoms with Gasteiger partial charge in [-0.15, -0.1) is 0 Å². The molecule has 2 N–H and O–H groups in total. The lowest BCUT2D eigenvalue weighted by atomic mass is 10.0. The minimum Gasteiger partial charge on any atom is -0.507 e. The predicted molar refractivity (Wildman–Crippen MR) is 103 cm³/mol. The van der Waals surface area contributed by atoms with E-state index in [0.717, 1.165) is 10.8 Å². The van der Waals surface area contributed by atoms with E-state index in [2.05, 4.69) is 10.5 Å². The Morgan fingerprint density at radius 1 is 1.15 bits per heavy atom. The molecule has 0 saturated carbocycles. The number of carbonyl (C=O) groups is 1. The van der Waals surface area contributed by atoms with Crippen molar-refractivity contribution in [2.45, 2.75) is 13.0 Å². The molecule has 0 spiro atoms. The highest BCUT2D eigenvalue weighted by atomic mass is 35.5. The van der Waals surface area contributed by atoms with Crippen LogP contribution in [-0.2, 0) is 4.79 Å². The fourth-order valence-corrected chi connectivity index (χ4v) is 2.57. The van der Waals surface area contributed by atoms with Crippen LogP contribution < -0.4 is 10.2 Å². The third kappa shape index (κ3) is 4.13. The fraction of sp³-hybridized carbons (Fsp3) is 0.100. The minimum absolute atomic E-state index is 0.0900. The number of amides is 1. The van der Waals surface area contributed by atoms with Crippen LogP contribution in [0.15, 0.2) is 65.8 Å². The van der Waals surface area contributed by atoms with Gasteiger partial charge >= 0.3 is 0 Å². The molecule has 26 heavy (non-hydrogen) atoms. The lowest BCUT2D eigenvalue weighted by molar-refractivity contribution is -0.127. The summed E-state index contributed by atoms with van der Waals surface area (Å²) < 4.78 is 5.53. The molecule has 0 saturated heterocycles. The van der Waals surface area contributed by atoms with Crippen LogP contribution in [0.1, 0.15) is 12.5 Å². The van der Waals surface area contributed by atoms with Crippen LogP contribution in [0, 0.1) is 0 Å². The van der Waals surface area contributed by atoms with Crippen LogP contribution in [0.2, 0.25) is 5.02 Å². The van der Waals surface area contributed by atoms with Crippen molar-refractivity contribution >= 4 is 34.5 Å². The first kappa shape index (κ1) is 17.8. The summed E-state index contributed by atoms with van der Waals surface area (Å²) in [5.74, 6) is 0.218. The Labute approximate surface area is 155 Å². The van der Waals surface area contributed by atoms with E-state index in [9.17, 15) is 9.90 Å². The van der Waals surface area contributed by atoms with Gasteiger partial charge in [0.1, 0.15) is 11.5 Å². The molecule has 132 valence electrons. The van der Waals surface area contributed by atoms with Crippen LogP contribution in [0.4, 0.5) is 0 Å². The zero-order valence-corrected chi connectivity index (χ0v) is 14.8. The van der Waals surface area contributed by atoms with Gasteiger partial charge in [-0.1, -0.05) is 41.9 Å². The van der Waals surface area contributed by atoms with Crippen LogP contribution >= 0.6 is 11.6 Å². The first-order valence-electron chi connectivity index (χ1n) is 8.00. The molecule has 0 aliphatic carbocycles. The number of hydrazone groups is 1. The molecule has 0 heterocycles. The van der Waals surface area contributed by atoms with E-state index in [1.807, 2.05) is 30.3 Å². The van der Waals surface area contributed by atoms with Gasteiger partial charge in [-0.25, -0.2) is 5.43 Å². The number of nitrogens with zero attached hydrogens (tertiary/aromatic N) is 1. The van der Waals surface area contributed by atoms with E-state index in [0.29, 0.717) is 16.3 Å². The number of ether oxygens (including phenoxy) is 1. The summed E-state index contributed by atoms with van der Waals surface area (Å²) in [6.45, 7) is 1.62. The topological polar surface area (TPSA) is 70.9 Å². The van der Waals surface area contributed by atoms with Crippen molar-refractivity contribution < 1.29 is 14.6 Å². The quantitative estimate of drug-likeness (QED) is 0.525. The number of rotatable bonds is 5. The molecular weight excluding hydrogens is 352 g/mol. The molecular formula is C20H17ClN2O3. The first-order chi connectivity index (χ1) is 12.5. The number of hydrogen-bond donors (Lipinski definition) is 2. The number of halogens is 1. The van der Waals surface area contributed by atoms with E-state index in [1.165, 1.54) is 6.21 Å². The standard InChI is InChI=1S/C20H17ClN2O3/c1-13(26-16-9-7-15(21)8-10-16)20(25)23-22-12-18-17-5-3-2-4-14(17)6-11-19(18)24/h2-13,24H,1H3,(H,23,25). The van der Waals surface area contributed by atoms with Crippen LogP contribution in [0.5, 0.6) is 11.5 Å². The average Bonchev–Trinajstić information content (AvgIpc) is 2.65. The number of nitrogens with one attached hydrogen (secondary N) is 1. The Morgan fingerprint density at radius 3 is 2.65 bits per heavy atom. The van der Waals surface area contributed by atoms with Gasteiger partial charge < -0.3 is 9.84 Å². The number of hydrogen-bond acceptors (Lipinski definition) is 4. The summed E-state index contributed by atoms with van der Waals surface area (Å²) in [4.78, 5) is 12.1. The zero-order chi connectivity index (χ0) is 18.5. The molecule has 0 radical (unpaired) electrons. The third-order valence-corrected chi connectivity index (χ3v) is 4.06. The monoisotopic (exact) mass is 368 g/mol. The summed E-state index contributed by atoms with van der Waals surface area (Å²) in [5, 5.41) is 16.4.